The minimum atomic E-state index is -0.976. The van der Waals surface area contributed by atoms with Crippen LogP contribution in [0.1, 0.15) is 16.1 Å². The van der Waals surface area contributed by atoms with E-state index in [0.29, 0.717) is 5.02 Å². The van der Waals surface area contributed by atoms with Gasteiger partial charge in [-0.3, -0.25) is 4.98 Å². The van der Waals surface area contributed by atoms with Gasteiger partial charge in [-0.1, -0.05) is 17.7 Å². The van der Waals surface area contributed by atoms with Crippen LogP contribution in [0, 0.1) is 6.92 Å². The monoisotopic (exact) mass is 300 g/mol. The van der Waals surface area contributed by atoms with E-state index in [4.69, 9.17) is 16.7 Å². The first-order chi connectivity index (χ1) is 9.99. The number of hydrogen-bond acceptors (Lipinski definition) is 2. The lowest BCUT2D eigenvalue weighted by atomic mass is 10.1. The van der Waals surface area contributed by atoms with Crippen molar-refractivity contribution in [3.8, 4) is 11.3 Å². The van der Waals surface area contributed by atoms with Gasteiger partial charge >= 0.3 is 5.97 Å². The van der Waals surface area contributed by atoms with Gasteiger partial charge in [0, 0.05) is 34.9 Å². The first-order valence-electron chi connectivity index (χ1n) is 6.43. The Labute approximate surface area is 126 Å². The van der Waals surface area contributed by atoms with Crippen molar-refractivity contribution >= 4 is 28.5 Å². The number of pyridine rings is 1. The lowest BCUT2D eigenvalue weighted by Gasteiger charge is -2.02. The smallest absolute Gasteiger partial charge is 0.337 e. The molecular formula is C16H13ClN2O2. The topological polar surface area (TPSA) is 55.1 Å². The van der Waals surface area contributed by atoms with Gasteiger partial charge in [0.05, 0.1) is 16.8 Å². The third-order valence-corrected chi connectivity index (χ3v) is 3.96. The molecule has 0 bridgehead atoms. The van der Waals surface area contributed by atoms with Crippen LogP contribution in [0.5, 0.6) is 0 Å². The molecule has 5 heteroatoms. The molecular weight excluding hydrogens is 288 g/mol. The van der Waals surface area contributed by atoms with E-state index in [-0.39, 0.29) is 5.56 Å². The summed E-state index contributed by atoms with van der Waals surface area (Å²) in [5.74, 6) is -0.976. The fourth-order valence-electron chi connectivity index (χ4n) is 2.53. The predicted octanol–water partition coefficient (Wildman–Crippen LogP) is 3.90. The van der Waals surface area contributed by atoms with Crippen LogP contribution in [0.2, 0.25) is 5.02 Å². The van der Waals surface area contributed by atoms with Crippen molar-refractivity contribution in [3.63, 3.8) is 0 Å². The van der Waals surface area contributed by atoms with Crippen molar-refractivity contribution in [3.05, 3.63) is 52.8 Å². The molecule has 4 nitrogen and oxygen atoms in total. The van der Waals surface area contributed by atoms with Gasteiger partial charge in [-0.05, 0) is 31.2 Å². The van der Waals surface area contributed by atoms with E-state index in [1.165, 1.54) is 6.20 Å². The second-order valence-corrected chi connectivity index (χ2v) is 5.35. The number of halogens is 1. The third kappa shape index (κ3) is 2.17. The maximum atomic E-state index is 10.9. The lowest BCUT2D eigenvalue weighted by Crippen LogP contribution is -1.97. The normalized spacial score (nSPS) is 11.0. The number of nitrogens with zero attached hydrogens (tertiary/aromatic N) is 2. The Morgan fingerprint density at radius 3 is 2.67 bits per heavy atom. The van der Waals surface area contributed by atoms with Crippen molar-refractivity contribution < 1.29 is 9.90 Å². The van der Waals surface area contributed by atoms with E-state index < -0.39 is 5.97 Å². The number of rotatable bonds is 2. The number of carboxylic acid groups (broad SMARTS) is 1. The van der Waals surface area contributed by atoms with Crippen molar-refractivity contribution in [2.24, 2.45) is 7.05 Å². The van der Waals surface area contributed by atoms with Crippen molar-refractivity contribution in [1.29, 1.82) is 0 Å². The summed E-state index contributed by atoms with van der Waals surface area (Å²) >= 11 is 6.06. The molecule has 2 aromatic heterocycles. The van der Waals surface area contributed by atoms with Gasteiger partial charge < -0.3 is 9.67 Å². The molecule has 1 N–H and O–H groups in total. The molecule has 0 saturated carbocycles. The Hall–Kier alpha value is -2.33. The third-order valence-electron chi connectivity index (χ3n) is 3.72. The average molecular weight is 301 g/mol. The van der Waals surface area contributed by atoms with E-state index in [1.54, 1.807) is 12.1 Å². The van der Waals surface area contributed by atoms with Crippen LogP contribution in [0.25, 0.3) is 22.2 Å². The SMILES string of the molecule is Cc1c(-c2ccc(C(=O)O)cn2)c2ccc(Cl)cc2n1C. The van der Waals surface area contributed by atoms with Gasteiger partial charge in [0.1, 0.15) is 0 Å². The molecule has 0 amide bonds. The molecule has 0 unspecified atom stereocenters. The second kappa shape index (κ2) is 4.90. The van der Waals surface area contributed by atoms with Crippen molar-refractivity contribution in [2.45, 2.75) is 6.92 Å². The molecule has 0 aliphatic rings. The van der Waals surface area contributed by atoms with Crippen LogP contribution >= 0.6 is 11.6 Å². The summed E-state index contributed by atoms with van der Waals surface area (Å²) in [7, 11) is 1.98. The average Bonchev–Trinajstić information content (AvgIpc) is 2.71. The van der Waals surface area contributed by atoms with Crippen LogP contribution in [0.3, 0.4) is 0 Å². The minimum Gasteiger partial charge on any atom is -0.478 e. The predicted molar refractivity (Wildman–Crippen MR) is 82.9 cm³/mol. The zero-order chi connectivity index (χ0) is 15.1. The summed E-state index contributed by atoms with van der Waals surface area (Å²) in [5.41, 5.74) is 4.02. The maximum absolute atomic E-state index is 10.9. The number of fused-ring (bicyclic) bond motifs is 1. The van der Waals surface area contributed by atoms with Crippen molar-refractivity contribution in [1.82, 2.24) is 9.55 Å². The van der Waals surface area contributed by atoms with Gasteiger partial charge in [-0.2, -0.15) is 0 Å². The largest absolute Gasteiger partial charge is 0.478 e. The van der Waals surface area contributed by atoms with Gasteiger partial charge in [-0.25, -0.2) is 4.79 Å². The molecule has 0 saturated heterocycles. The molecule has 0 atom stereocenters. The summed E-state index contributed by atoms with van der Waals surface area (Å²) < 4.78 is 2.06. The highest BCUT2D eigenvalue weighted by atomic mass is 35.5. The first-order valence-corrected chi connectivity index (χ1v) is 6.81. The van der Waals surface area contributed by atoms with E-state index in [9.17, 15) is 4.79 Å². The molecule has 2 heterocycles. The molecule has 0 radical (unpaired) electrons. The number of aromatic nitrogens is 2. The highest BCUT2D eigenvalue weighted by Crippen LogP contribution is 2.34. The molecule has 0 aliphatic carbocycles. The molecule has 1 aromatic carbocycles. The van der Waals surface area contributed by atoms with E-state index in [2.05, 4.69) is 9.55 Å². The standard InChI is InChI=1S/C16H13ClN2O2/c1-9-15(13-6-3-10(8-18-13)16(20)21)12-5-4-11(17)7-14(12)19(9)2/h3-8H,1-2H3,(H,20,21). The number of aromatic carboxylic acids is 1. The molecule has 3 aromatic rings. The fraction of sp³-hybridized carbons (Fsp3) is 0.125. The van der Waals surface area contributed by atoms with Crippen LogP contribution in [0.4, 0.5) is 0 Å². The highest BCUT2D eigenvalue weighted by Gasteiger charge is 2.15. The zero-order valence-electron chi connectivity index (χ0n) is 11.6. The summed E-state index contributed by atoms with van der Waals surface area (Å²) in [5, 5.41) is 10.7. The van der Waals surface area contributed by atoms with Gasteiger partial charge in [0.15, 0.2) is 0 Å². The zero-order valence-corrected chi connectivity index (χ0v) is 12.3. The highest BCUT2D eigenvalue weighted by molar-refractivity contribution is 6.31. The van der Waals surface area contributed by atoms with E-state index in [1.807, 2.05) is 32.2 Å². The Kier molecular flexibility index (Phi) is 3.18. The molecule has 3 rings (SSSR count). The number of benzene rings is 1. The van der Waals surface area contributed by atoms with Gasteiger partial charge in [0.25, 0.3) is 0 Å². The summed E-state index contributed by atoms with van der Waals surface area (Å²) in [4.78, 5) is 15.2. The number of aryl methyl sites for hydroxylation is 1. The maximum Gasteiger partial charge on any atom is 0.337 e. The lowest BCUT2D eigenvalue weighted by molar-refractivity contribution is 0.0696. The Balaban J connectivity index is 2.24. The summed E-state index contributed by atoms with van der Waals surface area (Å²) in [6, 6.07) is 9.03. The van der Waals surface area contributed by atoms with Crippen LogP contribution in [-0.4, -0.2) is 20.6 Å². The van der Waals surface area contributed by atoms with Crippen LogP contribution in [0.15, 0.2) is 36.5 Å². The fourth-order valence-corrected chi connectivity index (χ4v) is 2.69. The van der Waals surface area contributed by atoms with Gasteiger partial charge in [0.2, 0.25) is 0 Å². The molecule has 106 valence electrons. The Morgan fingerprint density at radius 2 is 2.05 bits per heavy atom. The second-order valence-electron chi connectivity index (χ2n) is 4.92. The number of carboxylic acids is 1. The molecule has 0 spiro atoms. The van der Waals surface area contributed by atoms with Crippen LogP contribution < -0.4 is 0 Å². The van der Waals surface area contributed by atoms with Crippen LogP contribution in [-0.2, 0) is 7.05 Å². The molecule has 21 heavy (non-hydrogen) atoms. The number of carbonyl (C=O) groups is 1. The van der Waals surface area contributed by atoms with E-state index in [0.717, 1.165) is 27.9 Å². The summed E-state index contributed by atoms with van der Waals surface area (Å²) in [6.45, 7) is 2.01. The minimum absolute atomic E-state index is 0.180. The van der Waals surface area contributed by atoms with Crippen molar-refractivity contribution in [2.75, 3.05) is 0 Å². The molecule has 0 fully saturated rings. The van der Waals surface area contributed by atoms with E-state index >= 15 is 0 Å². The summed E-state index contributed by atoms with van der Waals surface area (Å²) in [6.07, 6.45) is 1.38. The Morgan fingerprint density at radius 1 is 1.29 bits per heavy atom. The Bertz CT molecular complexity index is 851. The molecule has 0 aliphatic heterocycles. The number of hydrogen-bond donors (Lipinski definition) is 1. The van der Waals surface area contributed by atoms with Gasteiger partial charge in [-0.15, -0.1) is 0 Å². The first kappa shape index (κ1) is 13.6. The quantitative estimate of drug-likeness (QED) is 0.781.